The Balaban J connectivity index is 1.13. The maximum Gasteiger partial charge on any atom is 0.164 e. The smallest absolute Gasteiger partial charge is 0.164 e. The first-order chi connectivity index (χ1) is 27.8. The number of hydrogen-bond acceptors (Lipinski definition) is 4. The predicted molar refractivity (Wildman–Crippen MR) is 229 cm³/mol. The van der Waals surface area contributed by atoms with Crippen LogP contribution in [0.4, 0.5) is 0 Å². The van der Waals surface area contributed by atoms with Gasteiger partial charge in [0.05, 0.1) is 27.6 Å². The number of hydrogen-bond donors (Lipinski definition) is 0. The van der Waals surface area contributed by atoms with Gasteiger partial charge in [0.15, 0.2) is 17.5 Å². The average molecular weight is 719 g/mol. The molecular formula is C50H34N6. The van der Waals surface area contributed by atoms with Gasteiger partial charge in [-0.1, -0.05) is 121 Å². The number of rotatable bonds is 6. The van der Waals surface area contributed by atoms with Crippen LogP contribution in [0, 0.1) is 0 Å². The van der Waals surface area contributed by atoms with Crippen molar-refractivity contribution in [2.75, 3.05) is 0 Å². The normalized spacial score (nSPS) is 12.9. The van der Waals surface area contributed by atoms with Gasteiger partial charge in [-0.15, -0.1) is 0 Å². The van der Waals surface area contributed by atoms with Crippen molar-refractivity contribution in [1.82, 2.24) is 29.1 Å². The van der Waals surface area contributed by atoms with Crippen LogP contribution in [0.25, 0.3) is 94.6 Å². The van der Waals surface area contributed by atoms with Crippen molar-refractivity contribution >= 4 is 49.3 Å². The van der Waals surface area contributed by atoms with E-state index in [9.17, 15) is 0 Å². The lowest BCUT2D eigenvalue weighted by molar-refractivity contribution is 0.977. The number of aromatic nitrogens is 6. The molecular weight excluding hydrogens is 685 g/mol. The minimum atomic E-state index is 0.653. The van der Waals surface area contributed by atoms with E-state index in [-0.39, 0.29) is 0 Å². The van der Waals surface area contributed by atoms with Crippen molar-refractivity contribution in [2.24, 2.45) is 0 Å². The Kier molecular flexibility index (Phi) is 7.52. The fourth-order valence-corrected chi connectivity index (χ4v) is 8.31. The molecule has 1 aliphatic carbocycles. The number of nitrogens with zero attached hydrogens (tertiary/aromatic N) is 6. The van der Waals surface area contributed by atoms with Crippen LogP contribution >= 0.6 is 0 Å². The number of benzene rings is 6. The molecule has 10 aromatic rings. The molecule has 0 amide bonds. The number of allylic oxidation sites excluding steroid dienone is 4. The van der Waals surface area contributed by atoms with Gasteiger partial charge in [-0.25, -0.2) is 15.0 Å². The van der Waals surface area contributed by atoms with Crippen molar-refractivity contribution in [3.05, 3.63) is 188 Å². The van der Waals surface area contributed by atoms with Crippen LogP contribution < -0.4 is 0 Å². The van der Waals surface area contributed by atoms with Gasteiger partial charge in [0.1, 0.15) is 0 Å². The molecule has 11 rings (SSSR count). The Morgan fingerprint density at radius 1 is 0.464 bits per heavy atom. The highest BCUT2D eigenvalue weighted by Crippen LogP contribution is 2.41. The standard InChI is InChI=1S/C50H34N6/c1-4-15-33(16-5-1)48-52-49(34-17-6-2-7-18-34)54-50(53-48)36-19-12-22-38(31-36)56-43-26-11-10-23-40(43)41-25-13-24-39(47(41)56)35-28-29-42-45(32-35)55(37-20-8-3-9-21-37)44-27-14-30-51-46(42)44/h1-6,8-17,19-32H,7,18H2. The van der Waals surface area contributed by atoms with E-state index in [2.05, 4.69) is 161 Å². The zero-order valence-electron chi connectivity index (χ0n) is 30.4. The quantitative estimate of drug-likeness (QED) is 0.172. The lowest BCUT2D eigenvalue weighted by Gasteiger charge is -2.14. The van der Waals surface area contributed by atoms with Gasteiger partial charge in [0.2, 0.25) is 0 Å². The molecule has 0 spiro atoms. The van der Waals surface area contributed by atoms with Crippen molar-refractivity contribution in [1.29, 1.82) is 0 Å². The Hall–Kier alpha value is -7.44. The van der Waals surface area contributed by atoms with Crippen molar-refractivity contribution in [2.45, 2.75) is 12.8 Å². The molecule has 0 bridgehead atoms. The number of pyridine rings is 1. The molecule has 6 nitrogen and oxygen atoms in total. The van der Waals surface area contributed by atoms with Crippen molar-refractivity contribution in [3.63, 3.8) is 0 Å². The number of para-hydroxylation sites is 3. The molecule has 0 radical (unpaired) electrons. The molecule has 264 valence electrons. The highest BCUT2D eigenvalue weighted by Gasteiger charge is 2.20. The highest BCUT2D eigenvalue weighted by atomic mass is 15.0. The van der Waals surface area contributed by atoms with E-state index in [0.29, 0.717) is 11.6 Å². The van der Waals surface area contributed by atoms with E-state index in [4.69, 9.17) is 19.9 Å². The molecule has 0 N–H and O–H groups in total. The van der Waals surface area contributed by atoms with Gasteiger partial charge < -0.3 is 9.13 Å². The predicted octanol–water partition coefficient (Wildman–Crippen LogP) is 12.2. The molecule has 0 saturated carbocycles. The summed E-state index contributed by atoms with van der Waals surface area (Å²) in [6.07, 6.45) is 10.2. The summed E-state index contributed by atoms with van der Waals surface area (Å²) in [5.74, 6) is 2.05. The molecule has 56 heavy (non-hydrogen) atoms. The lowest BCUT2D eigenvalue weighted by atomic mass is 10.0. The van der Waals surface area contributed by atoms with Crippen LogP contribution in [-0.2, 0) is 0 Å². The second kappa shape index (κ2) is 13.1. The monoisotopic (exact) mass is 718 g/mol. The van der Waals surface area contributed by atoms with E-state index >= 15 is 0 Å². The average Bonchev–Trinajstić information content (AvgIpc) is 3.80. The first-order valence-corrected chi connectivity index (χ1v) is 19.0. The topological polar surface area (TPSA) is 61.4 Å². The highest BCUT2D eigenvalue weighted by molar-refractivity contribution is 6.15. The maximum absolute atomic E-state index is 5.10. The third-order valence-electron chi connectivity index (χ3n) is 10.9. The summed E-state index contributed by atoms with van der Waals surface area (Å²) >= 11 is 0. The van der Waals surface area contributed by atoms with Crippen LogP contribution in [0.15, 0.2) is 182 Å². The molecule has 4 aromatic heterocycles. The Morgan fingerprint density at radius 3 is 2.04 bits per heavy atom. The summed E-state index contributed by atoms with van der Waals surface area (Å²) in [5.41, 5.74) is 12.9. The van der Waals surface area contributed by atoms with E-state index in [1.54, 1.807) is 0 Å². The molecule has 0 unspecified atom stereocenters. The molecule has 0 fully saturated rings. The second-order valence-corrected chi connectivity index (χ2v) is 14.2. The SMILES string of the molecule is C1=CCCC(c2nc(-c3ccccc3)nc(-c3cccc(-n4c5ccccc5c5cccc(-c6ccc7c8ncccc8n(-c8ccccc8)c7c6)c54)c3)n2)=C1. The van der Waals surface area contributed by atoms with E-state index < -0.39 is 0 Å². The van der Waals surface area contributed by atoms with Crippen molar-refractivity contribution < 1.29 is 0 Å². The first kappa shape index (κ1) is 32.0. The summed E-state index contributed by atoms with van der Waals surface area (Å²) in [4.78, 5) is 20.0. The second-order valence-electron chi connectivity index (χ2n) is 14.2. The molecule has 0 atom stereocenters. The zero-order valence-corrected chi connectivity index (χ0v) is 30.4. The summed E-state index contributed by atoms with van der Waals surface area (Å²) in [7, 11) is 0. The molecule has 0 saturated heterocycles. The van der Waals surface area contributed by atoms with Crippen LogP contribution in [0.2, 0.25) is 0 Å². The van der Waals surface area contributed by atoms with Gasteiger partial charge in [-0.3, -0.25) is 4.98 Å². The van der Waals surface area contributed by atoms with Crippen LogP contribution in [0.5, 0.6) is 0 Å². The third kappa shape index (κ3) is 5.26. The van der Waals surface area contributed by atoms with Crippen LogP contribution in [-0.4, -0.2) is 29.1 Å². The van der Waals surface area contributed by atoms with Gasteiger partial charge in [0, 0.05) is 50.4 Å². The minimum absolute atomic E-state index is 0.653. The van der Waals surface area contributed by atoms with Gasteiger partial charge >= 0.3 is 0 Å². The molecule has 0 aliphatic heterocycles. The van der Waals surface area contributed by atoms with Gasteiger partial charge in [0.25, 0.3) is 0 Å². The van der Waals surface area contributed by atoms with Crippen molar-refractivity contribution in [3.8, 4) is 45.3 Å². The fourth-order valence-electron chi connectivity index (χ4n) is 8.31. The fraction of sp³-hybridized carbons (Fsp3) is 0.0400. The van der Waals surface area contributed by atoms with E-state index in [1.165, 1.54) is 10.8 Å². The van der Waals surface area contributed by atoms with Crippen LogP contribution in [0.3, 0.4) is 0 Å². The minimum Gasteiger partial charge on any atom is -0.309 e. The summed E-state index contributed by atoms with van der Waals surface area (Å²) in [6.45, 7) is 0. The molecule has 6 aromatic carbocycles. The third-order valence-corrected chi connectivity index (χ3v) is 10.9. The molecule has 4 heterocycles. The maximum atomic E-state index is 5.10. The summed E-state index contributed by atoms with van der Waals surface area (Å²) < 4.78 is 4.73. The molecule has 1 aliphatic rings. The van der Waals surface area contributed by atoms with Crippen LogP contribution in [0.1, 0.15) is 18.7 Å². The Labute approximate surface area is 323 Å². The van der Waals surface area contributed by atoms with Gasteiger partial charge in [-0.05, 0) is 78.6 Å². The summed E-state index contributed by atoms with van der Waals surface area (Å²) in [6, 6.07) is 55.6. The Bertz CT molecular complexity index is 3190. The largest absolute Gasteiger partial charge is 0.309 e. The lowest BCUT2D eigenvalue weighted by Crippen LogP contribution is -2.04. The number of fused-ring (bicyclic) bond motifs is 6. The van der Waals surface area contributed by atoms with E-state index in [0.717, 1.165) is 90.8 Å². The van der Waals surface area contributed by atoms with E-state index in [1.807, 2.05) is 30.5 Å². The zero-order chi connectivity index (χ0) is 37.0. The summed E-state index contributed by atoms with van der Waals surface area (Å²) in [5, 5.41) is 3.52. The first-order valence-electron chi connectivity index (χ1n) is 19.0. The molecule has 6 heteroatoms. The Morgan fingerprint density at radius 2 is 1.18 bits per heavy atom. The van der Waals surface area contributed by atoms with Gasteiger partial charge in [-0.2, -0.15) is 0 Å².